The summed E-state index contributed by atoms with van der Waals surface area (Å²) in [5.41, 5.74) is 2.38. The van der Waals surface area contributed by atoms with Crippen LogP contribution in [-0.2, 0) is 22.4 Å². The van der Waals surface area contributed by atoms with Gasteiger partial charge in [-0.05, 0) is 36.1 Å². The standard InChI is InChI=1S/C22H27ClN2O2/c23-20-8-4-7-19(15-20)9-10-22(26)24-17-21(25-11-13-27-14-12-25)16-18-5-2-1-3-6-18/h1-8,15,21H,9-14,16-17H2,(H,24,26). The van der Waals surface area contributed by atoms with Gasteiger partial charge in [-0.2, -0.15) is 0 Å². The van der Waals surface area contributed by atoms with Crippen LogP contribution in [0.2, 0.25) is 5.02 Å². The number of amides is 1. The summed E-state index contributed by atoms with van der Waals surface area (Å²) < 4.78 is 5.48. The molecule has 3 rings (SSSR count). The van der Waals surface area contributed by atoms with Gasteiger partial charge in [0.05, 0.1) is 13.2 Å². The second-order valence-corrected chi connectivity index (χ2v) is 7.36. The van der Waals surface area contributed by atoms with Gasteiger partial charge in [-0.1, -0.05) is 54.1 Å². The van der Waals surface area contributed by atoms with E-state index >= 15 is 0 Å². The van der Waals surface area contributed by atoms with Gasteiger partial charge >= 0.3 is 0 Å². The van der Waals surface area contributed by atoms with Crippen molar-refractivity contribution < 1.29 is 9.53 Å². The Bertz CT molecular complexity index is 717. The van der Waals surface area contributed by atoms with E-state index in [4.69, 9.17) is 16.3 Å². The van der Waals surface area contributed by atoms with Crippen LogP contribution in [0.3, 0.4) is 0 Å². The average molecular weight is 387 g/mol. The lowest BCUT2D eigenvalue weighted by Gasteiger charge is -2.34. The van der Waals surface area contributed by atoms with Gasteiger partial charge in [-0.15, -0.1) is 0 Å². The fourth-order valence-electron chi connectivity index (χ4n) is 3.43. The van der Waals surface area contributed by atoms with E-state index in [1.807, 2.05) is 30.3 Å². The highest BCUT2D eigenvalue weighted by molar-refractivity contribution is 6.30. The van der Waals surface area contributed by atoms with Crippen molar-refractivity contribution in [2.75, 3.05) is 32.8 Å². The van der Waals surface area contributed by atoms with Crippen LogP contribution < -0.4 is 5.32 Å². The quantitative estimate of drug-likeness (QED) is 0.756. The van der Waals surface area contributed by atoms with Gasteiger partial charge < -0.3 is 10.1 Å². The van der Waals surface area contributed by atoms with Crippen molar-refractivity contribution in [1.82, 2.24) is 10.2 Å². The Morgan fingerprint density at radius 2 is 1.81 bits per heavy atom. The van der Waals surface area contributed by atoms with Crippen LogP contribution in [0.5, 0.6) is 0 Å². The van der Waals surface area contributed by atoms with Crippen molar-refractivity contribution in [3.8, 4) is 0 Å². The molecule has 4 nitrogen and oxygen atoms in total. The molecule has 1 unspecified atom stereocenters. The molecule has 0 spiro atoms. The number of aryl methyl sites for hydroxylation is 1. The zero-order valence-corrected chi connectivity index (χ0v) is 16.3. The van der Waals surface area contributed by atoms with Gasteiger partial charge in [-0.3, -0.25) is 9.69 Å². The minimum Gasteiger partial charge on any atom is -0.379 e. The number of rotatable bonds is 8. The Hall–Kier alpha value is -1.88. The number of nitrogens with one attached hydrogen (secondary N) is 1. The number of carbonyl (C=O) groups excluding carboxylic acids is 1. The molecule has 0 bridgehead atoms. The van der Waals surface area contributed by atoms with Crippen molar-refractivity contribution in [1.29, 1.82) is 0 Å². The summed E-state index contributed by atoms with van der Waals surface area (Å²) >= 11 is 6.01. The summed E-state index contributed by atoms with van der Waals surface area (Å²) in [5, 5.41) is 3.84. The highest BCUT2D eigenvalue weighted by Crippen LogP contribution is 2.13. The number of hydrogen-bond acceptors (Lipinski definition) is 3. The molecule has 0 saturated carbocycles. The van der Waals surface area contributed by atoms with Crippen molar-refractivity contribution >= 4 is 17.5 Å². The van der Waals surface area contributed by atoms with E-state index < -0.39 is 0 Å². The first-order valence-electron chi connectivity index (χ1n) is 9.57. The summed E-state index contributed by atoms with van der Waals surface area (Å²) in [5.74, 6) is 0.0845. The predicted octanol–water partition coefficient (Wildman–Crippen LogP) is 3.33. The summed E-state index contributed by atoms with van der Waals surface area (Å²) in [4.78, 5) is 14.8. The third-order valence-corrected chi connectivity index (χ3v) is 5.18. The van der Waals surface area contributed by atoms with Gasteiger partial charge in [0, 0.05) is 37.1 Å². The summed E-state index contributed by atoms with van der Waals surface area (Å²) in [6.45, 7) is 4.00. The van der Waals surface area contributed by atoms with Crippen LogP contribution in [0.25, 0.3) is 0 Å². The monoisotopic (exact) mass is 386 g/mol. The van der Waals surface area contributed by atoms with Gasteiger partial charge in [0.15, 0.2) is 0 Å². The predicted molar refractivity (Wildman–Crippen MR) is 109 cm³/mol. The number of morpholine rings is 1. The Kier molecular flexibility index (Phi) is 7.69. The molecule has 2 aromatic rings. The third kappa shape index (κ3) is 6.65. The lowest BCUT2D eigenvalue weighted by molar-refractivity contribution is -0.121. The Balaban J connectivity index is 1.52. The van der Waals surface area contributed by atoms with Gasteiger partial charge in [0.2, 0.25) is 5.91 Å². The third-order valence-electron chi connectivity index (χ3n) is 4.94. The maximum Gasteiger partial charge on any atom is 0.220 e. The molecule has 1 saturated heterocycles. The highest BCUT2D eigenvalue weighted by Gasteiger charge is 2.21. The largest absolute Gasteiger partial charge is 0.379 e. The van der Waals surface area contributed by atoms with Crippen molar-refractivity contribution in [2.24, 2.45) is 0 Å². The molecule has 5 heteroatoms. The zero-order valence-electron chi connectivity index (χ0n) is 15.6. The van der Waals surface area contributed by atoms with Crippen LogP contribution in [0.15, 0.2) is 54.6 Å². The molecule has 144 valence electrons. The molecule has 1 atom stereocenters. The molecule has 27 heavy (non-hydrogen) atoms. The normalized spacial score (nSPS) is 16.0. The lowest BCUT2D eigenvalue weighted by Crippen LogP contribution is -2.49. The minimum absolute atomic E-state index is 0.0845. The Labute approximate surface area is 166 Å². The van der Waals surface area contributed by atoms with Crippen LogP contribution in [0, 0.1) is 0 Å². The molecule has 1 heterocycles. The van der Waals surface area contributed by atoms with E-state index in [2.05, 4.69) is 34.5 Å². The van der Waals surface area contributed by atoms with E-state index in [0.717, 1.165) is 38.3 Å². The number of carbonyl (C=O) groups is 1. The highest BCUT2D eigenvalue weighted by atomic mass is 35.5. The second kappa shape index (κ2) is 10.5. The van der Waals surface area contributed by atoms with E-state index in [1.54, 1.807) is 0 Å². The van der Waals surface area contributed by atoms with Gasteiger partial charge in [-0.25, -0.2) is 0 Å². The first-order valence-corrected chi connectivity index (χ1v) is 9.95. The number of halogens is 1. The van der Waals surface area contributed by atoms with Gasteiger partial charge in [0.25, 0.3) is 0 Å². The molecule has 2 aromatic carbocycles. The first-order chi connectivity index (χ1) is 13.2. The van der Waals surface area contributed by atoms with Crippen molar-refractivity contribution in [3.63, 3.8) is 0 Å². The maximum atomic E-state index is 12.4. The molecule has 0 aromatic heterocycles. The maximum absolute atomic E-state index is 12.4. The molecule has 0 radical (unpaired) electrons. The zero-order chi connectivity index (χ0) is 18.9. The van der Waals surface area contributed by atoms with E-state index in [9.17, 15) is 4.79 Å². The van der Waals surface area contributed by atoms with Crippen LogP contribution in [-0.4, -0.2) is 49.7 Å². The minimum atomic E-state index is 0.0845. The molecular weight excluding hydrogens is 360 g/mol. The van der Waals surface area contributed by atoms with E-state index in [0.29, 0.717) is 24.4 Å². The smallest absolute Gasteiger partial charge is 0.220 e. The average Bonchev–Trinajstić information content (AvgIpc) is 2.71. The molecule has 1 aliphatic rings. The fourth-order valence-corrected chi connectivity index (χ4v) is 3.64. The Morgan fingerprint density at radius 3 is 2.56 bits per heavy atom. The fraction of sp³-hybridized carbons (Fsp3) is 0.409. The molecule has 1 amide bonds. The first kappa shape index (κ1) is 19.9. The number of hydrogen-bond donors (Lipinski definition) is 1. The van der Waals surface area contributed by atoms with Crippen LogP contribution >= 0.6 is 11.6 Å². The molecule has 1 fully saturated rings. The van der Waals surface area contributed by atoms with Gasteiger partial charge in [0.1, 0.15) is 0 Å². The number of benzene rings is 2. The molecule has 1 aliphatic heterocycles. The summed E-state index contributed by atoms with van der Waals surface area (Å²) in [6.07, 6.45) is 2.10. The number of ether oxygens (including phenoxy) is 1. The van der Waals surface area contributed by atoms with E-state index in [-0.39, 0.29) is 11.9 Å². The summed E-state index contributed by atoms with van der Waals surface area (Å²) in [7, 11) is 0. The molecule has 1 N–H and O–H groups in total. The van der Waals surface area contributed by atoms with E-state index in [1.165, 1.54) is 5.56 Å². The second-order valence-electron chi connectivity index (χ2n) is 6.93. The molecule has 0 aliphatic carbocycles. The topological polar surface area (TPSA) is 41.6 Å². The molecular formula is C22H27ClN2O2. The summed E-state index contributed by atoms with van der Waals surface area (Å²) in [6, 6.07) is 18.4. The SMILES string of the molecule is O=C(CCc1cccc(Cl)c1)NCC(Cc1ccccc1)N1CCOCC1. The van der Waals surface area contributed by atoms with Crippen molar-refractivity contribution in [2.45, 2.75) is 25.3 Å². The van der Waals surface area contributed by atoms with Crippen LogP contribution in [0.4, 0.5) is 0 Å². The van der Waals surface area contributed by atoms with Crippen molar-refractivity contribution in [3.05, 3.63) is 70.7 Å². The lowest BCUT2D eigenvalue weighted by atomic mass is 10.0. The van der Waals surface area contributed by atoms with Crippen LogP contribution in [0.1, 0.15) is 17.5 Å². The number of nitrogens with zero attached hydrogens (tertiary/aromatic N) is 1. The Morgan fingerprint density at radius 1 is 1.07 bits per heavy atom.